The van der Waals surface area contributed by atoms with E-state index in [2.05, 4.69) is 10.5 Å². The Balaban J connectivity index is 1.95. The molecule has 5 heteroatoms. The number of fused-ring (bicyclic) bond motifs is 1. The molecule has 0 spiro atoms. The molecule has 0 saturated heterocycles. The first-order valence-electron chi connectivity index (χ1n) is 6.28. The molecule has 1 aromatic carbocycles. The van der Waals surface area contributed by atoms with E-state index < -0.39 is 11.7 Å². The van der Waals surface area contributed by atoms with Crippen LogP contribution in [0, 0.1) is 0 Å². The molecule has 3 rings (SSSR count). The summed E-state index contributed by atoms with van der Waals surface area (Å²) in [6.07, 6.45) is 4.93. The highest BCUT2D eigenvalue weighted by Crippen LogP contribution is 2.36. The molecule has 1 amide bonds. The number of carbonyl (C=O) groups is 1. The van der Waals surface area contributed by atoms with E-state index in [4.69, 9.17) is 9.26 Å². The maximum absolute atomic E-state index is 11.4. The summed E-state index contributed by atoms with van der Waals surface area (Å²) in [5, 5.41) is 6.34. The summed E-state index contributed by atoms with van der Waals surface area (Å²) in [6.45, 7) is 3.74. The second-order valence-electron chi connectivity index (χ2n) is 5.08. The van der Waals surface area contributed by atoms with E-state index in [9.17, 15) is 4.79 Å². The third-order valence-electron chi connectivity index (χ3n) is 3.17. The van der Waals surface area contributed by atoms with Crippen molar-refractivity contribution >= 4 is 23.9 Å². The highest BCUT2D eigenvalue weighted by Gasteiger charge is 2.33. The molecule has 1 aliphatic heterocycles. The van der Waals surface area contributed by atoms with Crippen molar-refractivity contribution in [2.75, 3.05) is 5.32 Å². The van der Waals surface area contributed by atoms with E-state index in [1.54, 1.807) is 12.3 Å². The number of rotatable bonds is 2. The number of ether oxygens (including phenoxy) is 1. The van der Waals surface area contributed by atoms with Gasteiger partial charge in [-0.25, -0.2) is 4.79 Å². The second-order valence-corrected chi connectivity index (χ2v) is 5.08. The lowest BCUT2D eigenvalue weighted by Gasteiger charge is -2.32. The molecule has 0 bridgehead atoms. The number of cyclic esters (lactones) is 1. The summed E-state index contributed by atoms with van der Waals surface area (Å²) >= 11 is 0. The van der Waals surface area contributed by atoms with Gasteiger partial charge in [-0.15, -0.1) is 0 Å². The van der Waals surface area contributed by atoms with Gasteiger partial charge in [-0.2, -0.15) is 0 Å². The number of carbonyl (C=O) groups excluding carboxylic acids is 1. The summed E-state index contributed by atoms with van der Waals surface area (Å²) in [7, 11) is 0. The van der Waals surface area contributed by atoms with E-state index in [0.717, 1.165) is 16.8 Å². The predicted octanol–water partition coefficient (Wildman–Crippen LogP) is 3.64. The molecule has 20 heavy (non-hydrogen) atoms. The highest BCUT2D eigenvalue weighted by atomic mass is 16.6. The first-order valence-corrected chi connectivity index (χ1v) is 6.28. The van der Waals surface area contributed by atoms with E-state index in [0.29, 0.717) is 5.76 Å². The minimum atomic E-state index is -0.645. The molecule has 0 unspecified atom stereocenters. The number of nitrogens with zero attached hydrogens (tertiary/aromatic N) is 1. The van der Waals surface area contributed by atoms with Gasteiger partial charge in [0.25, 0.3) is 0 Å². The smallest absolute Gasteiger partial charge is 0.412 e. The van der Waals surface area contributed by atoms with Crippen LogP contribution in [0.3, 0.4) is 0 Å². The van der Waals surface area contributed by atoms with Gasteiger partial charge in [0.15, 0.2) is 5.76 Å². The van der Waals surface area contributed by atoms with Crippen molar-refractivity contribution in [3.63, 3.8) is 0 Å². The number of hydrogen-bond acceptors (Lipinski definition) is 4. The summed E-state index contributed by atoms with van der Waals surface area (Å²) in [6, 6.07) is 7.56. The van der Waals surface area contributed by atoms with Gasteiger partial charge in [0.05, 0.1) is 11.9 Å². The topological polar surface area (TPSA) is 64.4 Å². The SMILES string of the molecule is CC1(C)OC(=O)Nc2ccc(/C=C\c3ccno3)cc21. The van der Waals surface area contributed by atoms with Gasteiger partial charge in [0.1, 0.15) is 5.60 Å². The van der Waals surface area contributed by atoms with Crippen molar-refractivity contribution in [2.45, 2.75) is 19.4 Å². The van der Waals surface area contributed by atoms with Crippen LogP contribution in [0.5, 0.6) is 0 Å². The Morgan fingerprint density at radius 1 is 1.25 bits per heavy atom. The van der Waals surface area contributed by atoms with Crippen molar-refractivity contribution in [3.05, 3.63) is 47.3 Å². The Labute approximate surface area is 116 Å². The molecule has 5 nitrogen and oxygen atoms in total. The van der Waals surface area contributed by atoms with Crippen LogP contribution in [0.1, 0.15) is 30.7 Å². The van der Waals surface area contributed by atoms with Crippen molar-refractivity contribution in [3.8, 4) is 0 Å². The third-order valence-corrected chi connectivity index (χ3v) is 3.17. The Kier molecular flexibility index (Phi) is 2.82. The van der Waals surface area contributed by atoms with Crippen LogP contribution in [0.15, 0.2) is 35.0 Å². The van der Waals surface area contributed by atoms with Crippen LogP contribution in [0.2, 0.25) is 0 Å². The highest BCUT2D eigenvalue weighted by molar-refractivity contribution is 5.89. The quantitative estimate of drug-likeness (QED) is 0.904. The van der Waals surface area contributed by atoms with Crippen molar-refractivity contribution in [1.82, 2.24) is 5.16 Å². The molecule has 2 heterocycles. The molecular weight excluding hydrogens is 256 g/mol. The van der Waals surface area contributed by atoms with Gasteiger partial charge in [0.2, 0.25) is 0 Å². The molecule has 0 aliphatic carbocycles. The first kappa shape index (κ1) is 12.5. The number of nitrogens with one attached hydrogen (secondary N) is 1. The third kappa shape index (κ3) is 2.30. The standard InChI is InChI=1S/C15H14N2O3/c1-15(2)12-9-10(3-5-11-7-8-16-20-11)4-6-13(12)17-14(18)19-15/h3-9H,1-2H3,(H,17,18)/b5-3-. The van der Waals surface area contributed by atoms with Gasteiger partial charge in [-0.1, -0.05) is 17.3 Å². The Morgan fingerprint density at radius 2 is 2.10 bits per heavy atom. The Morgan fingerprint density at radius 3 is 2.85 bits per heavy atom. The zero-order chi connectivity index (χ0) is 14.2. The largest absolute Gasteiger partial charge is 0.438 e. The molecule has 1 N–H and O–H groups in total. The van der Waals surface area contributed by atoms with Crippen LogP contribution in [0.4, 0.5) is 10.5 Å². The van der Waals surface area contributed by atoms with Crippen LogP contribution in [-0.4, -0.2) is 11.2 Å². The number of hydrogen-bond donors (Lipinski definition) is 1. The maximum Gasteiger partial charge on any atom is 0.412 e. The lowest BCUT2D eigenvalue weighted by atomic mass is 9.93. The summed E-state index contributed by atoms with van der Waals surface area (Å²) in [5.74, 6) is 0.687. The first-order chi connectivity index (χ1) is 9.54. The van der Waals surface area contributed by atoms with Gasteiger partial charge < -0.3 is 9.26 Å². The van der Waals surface area contributed by atoms with E-state index >= 15 is 0 Å². The molecule has 1 aliphatic rings. The Hall–Kier alpha value is -2.56. The molecule has 1 aromatic heterocycles. The van der Waals surface area contributed by atoms with Gasteiger partial charge in [-0.3, -0.25) is 5.32 Å². The second kappa shape index (κ2) is 4.52. The van der Waals surface area contributed by atoms with E-state index in [1.165, 1.54) is 0 Å². The van der Waals surface area contributed by atoms with Gasteiger partial charge in [0, 0.05) is 11.6 Å². The monoisotopic (exact) mass is 270 g/mol. The molecular formula is C15H14N2O3. The average molecular weight is 270 g/mol. The summed E-state index contributed by atoms with van der Waals surface area (Å²) < 4.78 is 10.3. The van der Waals surface area contributed by atoms with Crippen molar-refractivity contribution in [1.29, 1.82) is 0 Å². The molecule has 0 fully saturated rings. The molecule has 0 radical (unpaired) electrons. The molecule has 2 aromatic rings. The molecule has 102 valence electrons. The van der Waals surface area contributed by atoms with Crippen molar-refractivity contribution < 1.29 is 14.1 Å². The maximum atomic E-state index is 11.4. The van der Waals surface area contributed by atoms with Crippen LogP contribution < -0.4 is 5.32 Å². The predicted molar refractivity (Wildman–Crippen MR) is 75.0 cm³/mol. The lowest BCUT2D eigenvalue weighted by molar-refractivity contribution is 0.0420. The normalized spacial score (nSPS) is 16.6. The molecule has 0 atom stereocenters. The summed E-state index contributed by atoms with van der Waals surface area (Å²) in [4.78, 5) is 11.4. The lowest BCUT2D eigenvalue weighted by Crippen LogP contribution is -2.34. The zero-order valence-corrected chi connectivity index (χ0v) is 11.2. The fraction of sp³-hybridized carbons (Fsp3) is 0.200. The molecule has 0 saturated carbocycles. The average Bonchev–Trinajstić information content (AvgIpc) is 2.89. The summed E-state index contributed by atoms with van der Waals surface area (Å²) in [5.41, 5.74) is 2.07. The fourth-order valence-electron chi connectivity index (χ4n) is 2.18. The number of amides is 1. The van der Waals surface area contributed by atoms with Crippen LogP contribution >= 0.6 is 0 Å². The zero-order valence-electron chi connectivity index (χ0n) is 11.2. The van der Waals surface area contributed by atoms with E-state index in [-0.39, 0.29) is 0 Å². The fourth-order valence-corrected chi connectivity index (χ4v) is 2.18. The number of anilines is 1. The Bertz CT molecular complexity index is 672. The van der Waals surface area contributed by atoms with E-state index in [1.807, 2.05) is 44.2 Å². The van der Waals surface area contributed by atoms with Gasteiger partial charge in [-0.05, 0) is 37.6 Å². The minimum absolute atomic E-state index is 0.424. The number of aromatic nitrogens is 1. The minimum Gasteiger partial charge on any atom is -0.438 e. The van der Waals surface area contributed by atoms with Gasteiger partial charge >= 0.3 is 6.09 Å². The van der Waals surface area contributed by atoms with Crippen molar-refractivity contribution in [2.24, 2.45) is 0 Å². The van der Waals surface area contributed by atoms with Crippen LogP contribution in [0.25, 0.3) is 12.2 Å². The van der Waals surface area contributed by atoms with Crippen LogP contribution in [-0.2, 0) is 10.3 Å². The number of benzene rings is 1.